The minimum atomic E-state index is -4.53. The third-order valence-electron chi connectivity index (χ3n) is 7.30. The third kappa shape index (κ3) is 6.34. The number of halogens is 3. The average molecular weight is 532 g/mol. The van der Waals surface area contributed by atoms with Crippen molar-refractivity contribution in [3.63, 3.8) is 0 Å². The topological polar surface area (TPSA) is 69.6 Å². The molecule has 1 saturated heterocycles. The molecule has 0 aliphatic carbocycles. The molecular weight excluding hydrogens is 495 g/mol. The first-order valence-electron chi connectivity index (χ1n) is 13.2. The number of aromatic nitrogens is 2. The second-order valence-corrected chi connectivity index (χ2v) is 11.2. The first-order valence-corrected chi connectivity index (χ1v) is 13.2. The fraction of sp³-hybridized carbons (Fsp3) is 0.571. The number of amides is 1. The molecule has 3 heterocycles. The predicted octanol–water partition coefficient (Wildman–Crippen LogP) is 5.09. The van der Waals surface area contributed by atoms with E-state index in [9.17, 15) is 22.8 Å². The first-order chi connectivity index (χ1) is 17.8. The number of carbonyl (C=O) groups excluding carboxylic acids is 2. The van der Waals surface area contributed by atoms with E-state index in [0.29, 0.717) is 49.8 Å². The van der Waals surface area contributed by atoms with E-state index in [1.54, 1.807) is 11.0 Å². The summed E-state index contributed by atoms with van der Waals surface area (Å²) in [4.78, 5) is 39.4. The number of nitrogens with zero attached hydrogens (tertiary/aromatic N) is 5. The summed E-state index contributed by atoms with van der Waals surface area (Å²) in [5, 5.41) is 0. The van der Waals surface area contributed by atoms with Gasteiger partial charge in [-0.15, -0.1) is 0 Å². The summed E-state index contributed by atoms with van der Waals surface area (Å²) >= 11 is 0. The normalized spacial score (nSPS) is 18.4. The van der Waals surface area contributed by atoms with E-state index >= 15 is 0 Å². The van der Waals surface area contributed by atoms with Crippen LogP contribution in [0.2, 0.25) is 0 Å². The van der Waals surface area contributed by atoms with Crippen LogP contribution in [0.1, 0.15) is 75.3 Å². The third-order valence-corrected chi connectivity index (χ3v) is 7.30. The Balaban J connectivity index is 1.35. The molecule has 0 spiro atoms. The number of carbonyl (C=O) groups is 2. The van der Waals surface area contributed by atoms with Gasteiger partial charge in [0.05, 0.1) is 5.69 Å². The monoisotopic (exact) mass is 531 g/mol. The molecule has 2 aromatic rings. The highest BCUT2D eigenvalue weighted by molar-refractivity contribution is 6.10. The van der Waals surface area contributed by atoms with E-state index in [4.69, 9.17) is 0 Å². The van der Waals surface area contributed by atoms with Gasteiger partial charge in [-0.05, 0) is 31.9 Å². The van der Waals surface area contributed by atoms with Crippen LogP contribution >= 0.6 is 0 Å². The maximum atomic E-state index is 13.5. The summed E-state index contributed by atoms with van der Waals surface area (Å²) < 4.78 is 40.5. The lowest BCUT2D eigenvalue weighted by molar-refractivity contribution is -0.141. The summed E-state index contributed by atoms with van der Waals surface area (Å²) in [6, 6.07) is 8.58. The first kappa shape index (κ1) is 28.0. The van der Waals surface area contributed by atoms with Crippen molar-refractivity contribution in [2.24, 2.45) is 0 Å². The molecular formula is C28H36F3N5O2. The molecule has 4 rings (SSSR count). The van der Waals surface area contributed by atoms with Crippen LogP contribution in [0.4, 0.5) is 24.7 Å². The smallest absolute Gasteiger partial charge is 0.354 e. The Bertz CT molecular complexity index is 1140. The van der Waals surface area contributed by atoms with Crippen LogP contribution in [0.25, 0.3) is 0 Å². The Hall–Kier alpha value is -3.01. The average Bonchev–Trinajstić information content (AvgIpc) is 2.99. The van der Waals surface area contributed by atoms with Crippen molar-refractivity contribution in [1.29, 1.82) is 0 Å². The van der Waals surface area contributed by atoms with Crippen molar-refractivity contribution in [3.05, 3.63) is 47.4 Å². The van der Waals surface area contributed by atoms with Crippen molar-refractivity contribution in [1.82, 2.24) is 14.9 Å². The Morgan fingerprint density at radius 2 is 1.66 bits per heavy atom. The van der Waals surface area contributed by atoms with Gasteiger partial charge >= 0.3 is 6.18 Å². The summed E-state index contributed by atoms with van der Waals surface area (Å²) in [5.41, 5.74) is -0.210. The van der Waals surface area contributed by atoms with E-state index < -0.39 is 17.3 Å². The largest absolute Gasteiger partial charge is 0.433 e. The molecule has 1 amide bonds. The minimum absolute atomic E-state index is 0.00310. The van der Waals surface area contributed by atoms with Crippen LogP contribution < -0.4 is 9.80 Å². The number of rotatable bonds is 6. The Labute approximate surface area is 222 Å². The number of hydrogen-bond acceptors (Lipinski definition) is 6. The van der Waals surface area contributed by atoms with Gasteiger partial charge in [-0.3, -0.25) is 14.5 Å². The van der Waals surface area contributed by atoms with Crippen LogP contribution in [-0.4, -0.2) is 65.3 Å². The standard InChI is InChI=1S/C28H36F3N5O2/c1-19(8-7-13-36-21-10-6-5-9-20(21)22(37)11-12-25(36)38)34-14-16-35(17-15-34)24-18-23(28(29,30)31)32-26(33-24)27(2,3)4/h5-6,9-10,18-19H,7-8,11-17H2,1-4H3. The van der Waals surface area contributed by atoms with Gasteiger partial charge in [0.15, 0.2) is 5.78 Å². The summed E-state index contributed by atoms with van der Waals surface area (Å²) in [5.74, 6) is 0.479. The quantitative estimate of drug-likeness (QED) is 0.517. The van der Waals surface area contributed by atoms with Crippen LogP contribution in [0.15, 0.2) is 30.3 Å². The zero-order valence-corrected chi connectivity index (χ0v) is 22.5. The number of fused-ring (bicyclic) bond motifs is 1. The summed E-state index contributed by atoms with van der Waals surface area (Å²) in [6.45, 7) is 10.7. The molecule has 10 heteroatoms. The van der Waals surface area contributed by atoms with Gasteiger partial charge in [0.25, 0.3) is 0 Å². The van der Waals surface area contributed by atoms with Gasteiger partial charge < -0.3 is 9.80 Å². The van der Waals surface area contributed by atoms with Gasteiger partial charge in [0.2, 0.25) is 5.91 Å². The maximum Gasteiger partial charge on any atom is 0.433 e. The fourth-order valence-electron chi connectivity index (χ4n) is 5.01. The second-order valence-electron chi connectivity index (χ2n) is 11.2. The van der Waals surface area contributed by atoms with Crippen molar-refractivity contribution in [2.45, 2.75) is 71.0 Å². The highest BCUT2D eigenvalue weighted by atomic mass is 19.4. The lowest BCUT2D eigenvalue weighted by atomic mass is 9.95. The number of anilines is 2. The lowest BCUT2D eigenvalue weighted by Crippen LogP contribution is -2.50. The number of alkyl halides is 3. The molecule has 1 aromatic carbocycles. The van der Waals surface area contributed by atoms with Gasteiger partial charge in [-0.1, -0.05) is 32.9 Å². The van der Waals surface area contributed by atoms with E-state index in [2.05, 4.69) is 21.8 Å². The number of Topliss-reactive ketones (excluding diaryl/α,β-unsaturated/α-hetero) is 1. The van der Waals surface area contributed by atoms with Gasteiger partial charge in [0.1, 0.15) is 17.3 Å². The highest BCUT2D eigenvalue weighted by Gasteiger charge is 2.36. The summed E-state index contributed by atoms with van der Waals surface area (Å²) in [7, 11) is 0. The molecule has 206 valence electrons. The SMILES string of the molecule is CC(CCCN1C(=O)CCC(=O)c2ccccc21)N1CCN(c2cc(C(F)(F)F)nc(C(C)(C)C)n2)CC1. The van der Waals surface area contributed by atoms with Crippen LogP contribution in [-0.2, 0) is 16.4 Å². The van der Waals surface area contributed by atoms with Gasteiger partial charge in [-0.2, -0.15) is 13.2 Å². The van der Waals surface area contributed by atoms with Gasteiger partial charge in [-0.25, -0.2) is 9.97 Å². The van der Waals surface area contributed by atoms with Crippen LogP contribution in [0.5, 0.6) is 0 Å². The van der Waals surface area contributed by atoms with E-state index in [0.717, 1.165) is 18.9 Å². The molecule has 1 unspecified atom stereocenters. The zero-order chi connectivity index (χ0) is 27.7. The lowest BCUT2D eigenvalue weighted by Gasteiger charge is -2.39. The van der Waals surface area contributed by atoms with Crippen molar-refractivity contribution >= 4 is 23.2 Å². The highest BCUT2D eigenvalue weighted by Crippen LogP contribution is 2.32. The summed E-state index contributed by atoms with van der Waals surface area (Å²) in [6.07, 6.45) is -2.43. The van der Waals surface area contributed by atoms with Crippen molar-refractivity contribution in [2.75, 3.05) is 42.5 Å². The zero-order valence-electron chi connectivity index (χ0n) is 22.5. The molecule has 1 aromatic heterocycles. The van der Waals surface area contributed by atoms with Crippen LogP contribution in [0, 0.1) is 0 Å². The molecule has 1 atom stereocenters. The Morgan fingerprint density at radius 3 is 2.32 bits per heavy atom. The van der Waals surface area contributed by atoms with E-state index in [-0.39, 0.29) is 36.4 Å². The van der Waals surface area contributed by atoms with Crippen LogP contribution in [0.3, 0.4) is 0 Å². The van der Waals surface area contributed by atoms with E-state index in [1.165, 1.54) is 0 Å². The Morgan fingerprint density at radius 1 is 0.974 bits per heavy atom. The van der Waals surface area contributed by atoms with Crippen molar-refractivity contribution < 1.29 is 22.8 Å². The molecule has 7 nitrogen and oxygen atoms in total. The number of hydrogen-bond donors (Lipinski definition) is 0. The van der Waals surface area contributed by atoms with Crippen molar-refractivity contribution in [3.8, 4) is 0 Å². The number of piperazine rings is 1. The number of benzene rings is 1. The number of para-hydroxylation sites is 1. The fourth-order valence-corrected chi connectivity index (χ4v) is 5.01. The molecule has 2 aliphatic rings. The maximum absolute atomic E-state index is 13.5. The molecule has 1 fully saturated rings. The molecule has 0 bridgehead atoms. The second kappa shape index (κ2) is 11.0. The molecule has 38 heavy (non-hydrogen) atoms. The molecule has 0 radical (unpaired) electrons. The predicted molar refractivity (Wildman–Crippen MR) is 141 cm³/mol. The minimum Gasteiger partial charge on any atom is -0.354 e. The van der Waals surface area contributed by atoms with E-state index in [1.807, 2.05) is 43.9 Å². The molecule has 2 aliphatic heterocycles. The molecule has 0 N–H and O–H groups in total. The number of ketones is 1. The Kier molecular flexibility index (Phi) is 8.11. The van der Waals surface area contributed by atoms with Gasteiger partial charge in [0, 0.05) is 68.7 Å². The molecule has 0 saturated carbocycles.